The minimum Gasteiger partial charge on any atom is -0.481 e. The molecule has 0 saturated carbocycles. The van der Waals surface area contributed by atoms with Gasteiger partial charge < -0.3 is 26.0 Å². The predicted molar refractivity (Wildman–Crippen MR) is 201 cm³/mol. The lowest BCUT2D eigenvalue weighted by Crippen LogP contribution is -2.35. The second-order valence-electron chi connectivity index (χ2n) is 12.5. The fourth-order valence-electron chi connectivity index (χ4n) is 6.49. The van der Waals surface area contributed by atoms with E-state index in [2.05, 4.69) is 27.3 Å². The van der Waals surface area contributed by atoms with E-state index in [-0.39, 0.29) is 23.9 Å². The average Bonchev–Trinajstić information content (AvgIpc) is 3.82. The van der Waals surface area contributed by atoms with Crippen LogP contribution in [0.25, 0.3) is 43.7 Å². The first-order valence-corrected chi connectivity index (χ1v) is 18.4. The van der Waals surface area contributed by atoms with Gasteiger partial charge in [0.15, 0.2) is 0 Å². The van der Waals surface area contributed by atoms with E-state index in [1.165, 1.54) is 0 Å². The molecule has 13 heteroatoms. The molecule has 2 fully saturated rings. The molecular weight excluding hydrogens is 715 g/mol. The maximum absolute atomic E-state index is 11.5. The predicted octanol–water partition coefficient (Wildman–Crippen LogP) is 7.40. The molecule has 3 aromatic heterocycles. The van der Waals surface area contributed by atoms with Gasteiger partial charge in [0.1, 0.15) is 0 Å². The molecule has 2 amide bonds. The molecule has 0 aliphatic carbocycles. The lowest BCUT2D eigenvalue weighted by Gasteiger charge is -2.15. The fourth-order valence-corrected chi connectivity index (χ4v) is 8.60. The molecular formula is C37H35Cl3N6O3S. The molecule has 0 bridgehead atoms. The van der Waals surface area contributed by atoms with Crippen LogP contribution in [0.15, 0.2) is 60.8 Å². The molecule has 5 heterocycles. The number of nitrogens with zero attached hydrogens (tertiary/aromatic N) is 2. The maximum Gasteiger partial charge on any atom is 0.220 e. The Bertz CT molecular complexity index is 2090. The molecule has 2 aliphatic rings. The van der Waals surface area contributed by atoms with Crippen molar-refractivity contribution in [2.45, 2.75) is 50.9 Å². The van der Waals surface area contributed by atoms with Crippen molar-refractivity contribution in [3.8, 4) is 39.4 Å². The lowest BCUT2D eigenvalue weighted by atomic mass is 9.97. The van der Waals surface area contributed by atoms with E-state index in [1.807, 2.05) is 48.5 Å². The second-order valence-corrected chi connectivity index (χ2v) is 14.7. The highest BCUT2D eigenvalue weighted by Gasteiger charge is 2.22. The zero-order chi connectivity index (χ0) is 34.8. The highest BCUT2D eigenvalue weighted by Crippen LogP contribution is 2.43. The molecule has 2 saturated heterocycles. The summed E-state index contributed by atoms with van der Waals surface area (Å²) >= 11 is 22.6. The number of rotatable bonds is 12. The summed E-state index contributed by atoms with van der Waals surface area (Å²) in [5, 5.41) is 14.5. The van der Waals surface area contributed by atoms with Crippen molar-refractivity contribution < 1.29 is 14.3 Å². The molecule has 9 nitrogen and oxygen atoms in total. The van der Waals surface area contributed by atoms with Crippen molar-refractivity contribution in [2.75, 3.05) is 20.2 Å². The Morgan fingerprint density at radius 3 is 2.08 bits per heavy atom. The number of aromatic nitrogens is 2. The standard InChI is InChI=1S/C37H35Cl3N6O3S/c1-49-37-20(15-41-17-22-9-12-31(47)44-22)8-11-28(46-37)27-7-3-6-26(34(27)39)25-5-2-4-24(33(25)38)21-14-29-36(43-16-21)35(40)30(50-29)19-42-18-23-10-13-32(48)45-23/h2-8,11,14,16,22-23,41-42H,9-10,12-13,15,17-19H2,1H3,(H,44,47)(H,45,48)/t22-,23-/m0/s1. The SMILES string of the molecule is COc1nc(-c2cccc(-c3cccc(-c4cnc5c(Cl)c(CNC[C@@H]6CCC(=O)N6)sc5c4)c3Cl)c2Cl)ccc1CNC[C@@H]1CCC(=O)N1. The van der Waals surface area contributed by atoms with Gasteiger partial charge in [0, 0.05) is 95.6 Å². The summed E-state index contributed by atoms with van der Waals surface area (Å²) in [6.07, 6.45) is 4.62. The maximum atomic E-state index is 11.5. The van der Waals surface area contributed by atoms with Gasteiger partial charge in [-0.15, -0.1) is 11.3 Å². The first-order chi connectivity index (χ1) is 24.3. The molecule has 5 aromatic rings. The van der Waals surface area contributed by atoms with Crippen molar-refractivity contribution in [3.63, 3.8) is 0 Å². The Morgan fingerprint density at radius 2 is 1.44 bits per heavy atom. The molecule has 2 aromatic carbocycles. The molecule has 7 rings (SSSR count). The number of ether oxygens (including phenoxy) is 1. The zero-order valence-electron chi connectivity index (χ0n) is 27.2. The molecule has 2 aliphatic heterocycles. The Balaban J connectivity index is 1.10. The number of amides is 2. The third-order valence-corrected chi connectivity index (χ3v) is 11.6. The van der Waals surface area contributed by atoms with E-state index in [0.29, 0.717) is 65.7 Å². The van der Waals surface area contributed by atoms with Crippen LogP contribution in [-0.2, 0) is 22.7 Å². The molecule has 0 spiro atoms. The smallest absolute Gasteiger partial charge is 0.220 e. The lowest BCUT2D eigenvalue weighted by molar-refractivity contribution is -0.120. The number of methoxy groups -OCH3 is 1. The van der Waals surface area contributed by atoms with Gasteiger partial charge in [-0.2, -0.15) is 0 Å². The van der Waals surface area contributed by atoms with E-state index in [1.54, 1.807) is 24.6 Å². The van der Waals surface area contributed by atoms with Gasteiger partial charge in [-0.3, -0.25) is 14.6 Å². The van der Waals surface area contributed by atoms with Gasteiger partial charge in [-0.05, 0) is 25.0 Å². The summed E-state index contributed by atoms with van der Waals surface area (Å²) in [4.78, 5) is 33.5. The van der Waals surface area contributed by atoms with Crippen LogP contribution in [0.3, 0.4) is 0 Å². The van der Waals surface area contributed by atoms with Crippen molar-refractivity contribution in [1.29, 1.82) is 0 Å². The second kappa shape index (κ2) is 15.2. The molecule has 50 heavy (non-hydrogen) atoms. The van der Waals surface area contributed by atoms with Gasteiger partial charge >= 0.3 is 0 Å². The van der Waals surface area contributed by atoms with Gasteiger partial charge in [0.25, 0.3) is 0 Å². The van der Waals surface area contributed by atoms with Crippen molar-refractivity contribution in [2.24, 2.45) is 0 Å². The average molecular weight is 750 g/mol. The molecule has 2 atom stereocenters. The number of nitrogens with one attached hydrogen (secondary N) is 4. The van der Waals surface area contributed by atoms with Crippen molar-refractivity contribution in [3.05, 3.63) is 86.3 Å². The molecule has 258 valence electrons. The van der Waals surface area contributed by atoms with Crippen LogP contribution < -0.4 is 26.0 Å². The number of benzene rings is 2. The van der Waals surface area contributed by atoms with E-state index in [4.69, 9.17) is 49.5 Å². The van der Waals surface area contributed by atoms with Crippen molar-refractivity contribution >= 4 is 68.2 Å². The van der Waals surface area contributed by atoms with Crippen LogP contribution >= 0.6 is 46.1 Å². The van der Waals surface area contributed by atoms with Crippen molar-refractivity contribution in [1.82, 2.24) is 31.2 Å². The van der Waals surface area contributed by atoms with Crippen LogP contribution in [0.4, 0.5) is 0 Å². The summed E-state index contributed by atoms with van der Waals surface area (Å²) in [6, 6.07) is 18.0. The summed E-state index contributed by atoms with van der Waals surface area (Å²) in [7, 11) is 1.60. The Morgan fingerprint density at radius 1 is 0.820 bits per heavy atom. The minimum atomic E-state index is 0.0991. The van der Waals surface area contributed by atoms with E-state index < -0.39 is 0 Å². The quantitative estimate of drug-likeness (QED) is 0.105. The number of halogens is 3. The topological polar surface area (TPSA) is 117 Å². The number of carbonyl (C=O) groups is 2. The number of fused-ring (bicyclic) bond motifs is 1. The minimum absolute atomic E-state index is 0.0991. The largest absolute Gasteiger partial charge is 0.481 e. The van der Waals surface area contributed by atoms with Gasteiger partial charge in [0.2, 0.25) is 17.7 Å². The molecule has 0 radical (unpaired) electrons. The summed E-state index contributed by atoms with van der Waals surface area (Å²) < 4.78 is 6.62. The van der Waals surface area contributed by atoms with Crippen LogP contribution in [-0.4, -0.2) is 54.1 Å². The number of hydrogen-bond donors (Lipinski definition) is 4. The van der Waals surface area contributed by atoms with Gasteiger partial charge in [-0.1, -0.05) is 77.3 Å². The number of hydrogen-bond acceptors (Lipinski definition) is 8. The Hall–Kier alpha value is -3.77. The third kappa shape index (κ3) is 7.32. The number of carbonyl (C=O) groups excluding carboxylic acids is 2. The fraction of sp³-hybridized carbons (Fsp3) is 0.297. The molecule has 4 N–H and O–H groups in total. The van der Waals surface area contributed by atoms with Crippen LogP contribution in [0.5, 0.6) is 5.88 Å². The van der Waals surface area contributed by atoms with Crippen LogP contribution in [0, 0.1) is 0 Å². The highest BCUT2D eigenvalue weighted by molar-refractivity contribution is 7.19. The zero-order valence-corrected chi connectivity index (χ0v) is 30.3. The monoisotopic (exact) mass is 748 g/mol. The summed E-state index contributed by atoms with van der Waals surface area (Å²) in [5.74, 6) is 0.707. The first-order valence-electron chi connectivity index (χ1n) is 16.5. The highest BCUT2D eigenvalue weighted by atomic mass is 35.5. The van der Waals surface area contributed by atoms with E-state index in [0.717, 1.165) is 61.3 Å². The number of pyridine rings is 2. The first kappa shape index (κ1) is 34.7. The van der Waals surface area contributed by atoms with Gasteiger partial charge in [0.05, 0.1) is 38.1 Å². The van der Waals surface area contributed by atoms with E-state index in [9.17, 15) is 9.59 Å². The Labute approximate surface area is 309 Å². The molecule has 0 unspecified atom stereocenters. The Kier molecular flexibility index (Phi) is 10.6. The number of thiophene rings is 1. The van der Waals surface area contributed by atoms with Crippen LogP contribution in [0.2, 0.25) is 15.1 Å². The van der Waals surface area contributed by atoms with Gasteiger partial charge in [-0.25, -0.2) is 4.98 Å². The van der Waals surface area contributed by atoms with Crippen LogP contribution in [0.1, 0.15) is 36.1 Å². The third-order valence-electron chi connectivity index (χ3n) is 9.10. The summed E-state index contributed by atoms with van der Waals surface area (Å²) in [5.41, 5.74) is 6.35. The van der Waals surface area contributed by atoms with E-state index >= 15 is 0 Å². The normalized spacial score (nSPS) is 17.4. The summed E-state index contributed by atoms with van der Waals surface area (Å²) in [6.45, 7) is 2.51.